The van der Waals surface area contributed by atoms with Crippen LogP contribution in [0.2, 0.25) is 0 Å². The molecule has 174 valence electrons. The summed E-state index contributed by atoms with van der Waals surface area (Å²) in [6, 6.07) is 14.4. The van der Waals surface area contributed by atoms with E-state index in [1.807, 2.05) is 0 Å². The number of carbonyl (C=O) groups is 1. The lowest BCUT2D eigenvalue weighted by atomic mass is 10.1. The number of ether oxygens (including phenoxy) is 1. The van der Waals surface area contributed by atoms with Crippen LogP contribution in [0.3, 0.4) is 0 Å². The lowest BCUT2D eigenvalue weighted by Gasteiger charge is -2.07. The number of amides is 1. The van der Waals surface area contributed by atoms with Gasteiger partial charge in [0.1, 0.15) is 24.0 Å². The summed E-state index contributed by atoms with van der Waals surface area (Å²) in [7, 11) is -3.61. The van der Waals surface area contributed by atoms with E-state index in [4.69, 9.17) is 4.74 Å². The van der Waals surface area contributed by atoms with Crippen molar-refractivity contribution in [2.75, 3.05) is 11.1 Å². The predicted octanol–water partition coefficient (Wildman–Crippen LogP) is 3.36. The highest BCUT2D eigenvalue weighted by atomic mass is 32.2. The van der Waals surface area contributed by atoms with Crippen molar-refractivity contribution < 1.29 is 22.9 Å². The van der Waals surface area contributed by atoms with Crippen LogP contribution in [0.5, 0.6) is 5.75 Å². The molecule has 0 saturated carbocycles. The fourth-order valence-corrected chi connectivity index (χ4v) is 4.21. The molecule has 1 N–H and O–H groups in total. The molecule has 0 aliphatic rings. The van der Waals surface area contributed by atoms with Crippen LogP contribution in [0, 0.1) is 21.4 Å². The number of para-hydroxylation sites is 1. The molecule has 0 aliphatic heterocycles. The first kappa shape index (κ1) is 24.5. The molecule has 34 heavy (non-hydrogen) atoms. The van der Waals surface area contributed by atoms with Gasteiger partial charge < -0.3 is 4.74 Å². The summed E-state index contributed by atoms with van der Waals surface area (Å²) >= 11 is 0.695. The number of anilines is 1. The first-order valence-electron chi connectivity index (χ1n) is 9.68. The van der Waals surface area contributed by atoms with Crippen molar-refractivity contribution in [3.05, 3.63) is 75.3 Å². The number of nitriles is 1. The normalized spacial score (nSPS) is 11.5. The van der Waals surface area contributed by atoms with Crippen LogP contribution in [0.25, 0.3) is 6.08 Å². The van der Waals surface area contributed by atoms with Crippen molar-refractivity contribution in [3.63, 3.8) is 0 Å². The number of nitro benzene ring substituents is 1. The minimum Gasteiger partial charge on any atom is -0.489 e. The van der Waals surface area contributed by atoms with Gasteiger partial charge in [-0.2, -0.15) is 14.6 Å². The van der Waals surface area contributed by atoms with Crippen molar-refractivity contribution in [1.29, 1.82) is 5.26 Å². The van der Waals surface area contributed by atoms with Gasteiger partial charge in [-0.1, -0.05) is 31.2 Å². The molecule has 0 fully saturated rings. The second-order valence-corrected chi connectivity index (χ2v) is 9.58. The Balaban J connectivity index is 1.67. The van der Waals surface area contributed by atoms with Crippen LogP contribution < -0.4 is 10.1 Å². The van der Waals surface area contributed by atoms with E-state index in [2.05, 4.69) is 14.7 Å². The van der Waals surface area contributed by atoms with E-state index in [0.717, 1.165) is 0 Å². The van der Waals surface area contributed by atoms with E-state index in [0.29, 0.717) is 28.4 Å². The predicted molar refractivity (Wildman–Crippen MR) is 124 cm³/mol. The lowest BCUT2D eigenvalue weighted by Crippen LogP contribution is -2.13. The van der Waals surface area contributed by atoms with E-state index in [-0.39, 0.29) is 33.9 Å². The number of hydrogen-bond acceptors (Lipinski definition) is 10. The fraction of sp³-hybridized carbons (Fsp3) is 0.143. The summed E-state index contributed by atoms with van der Waals surface area (Å²) in [5.41, 5.74) is 0.674. The van der Waals surface area contributed by atoms with E-state index in [1.54, 1.807) is 48.5 Å². The van der Waals surface area contributed by atoms with Crippen LogP contribution in [-0.4, -0.2) is 34.4 Å². The fourth-order valence-electron chi connectivity index (χ4n) is 2.63. The van der Waals surface area contributed by atoms with Crippen LogP contribution >= 0.6 is 11.5 Å². The molecule has 0 saturated heterocycles. The summed E-state index contributed by atoms with van der Waals surface area (Å²) in [6.07, 6.45) is 1.34. The van der Waals surface area contributed by atoms with Crippen LogP contribution in [0.4, 0.5) is 10.8 Å². The van der Waals surface area contributed by atoms with Gasteiger partial charge in [-0.05, 0) is 29.8 Å². The van der Waals surface area contributed by atoms with E-state index in [1.165, 1.54) is 19.1 Å². The van der Waals surface area contributed by atoms with Gasteiger partial charge in [0.2, 0.25) is 15.0 Å². The molecule has 0 radical (unpaired) electrons. The molecule has 0 spiro atoms. The molecule has 0 unspecified atom stereocenters. The zero-order valence-corrected chi connectivity index (χ0v) is 19.3. The molecule has 2 aromatic carbocycles. The lowest BCUT2D eigenvalue weighted by molar-refractivity contribution is -0.385. The zero-order valence-electron chi connectivity index (χ0n) is 17.7. The highest BCUT2D eigenvalue weighted by Gasteiger charge is 2.20. The van der Waals surface area contributed by atoms with E-state index in [9.17, 15) is 28.6 Å². The second-order valence-electron chi connectivity index (χ2n) is 6.65. The molecule has 0 bridgehead atoms. The van der Waals surface area contributed by atoms with Crippen molar-refractivity contribution in [2.45, 2.75) is 18.7 Å². The van der Waals surface area contributed by atoms with Gasteiger partial charge in [0, 0.05) is 17.6 Å². The minimum atomic E-state index is -3.61. The minimum absolute atomic E-state index is 0.00419. The highest BCUT2D eigenvalue weighted by molar-refractivity contribution is 7.91. The Hall–Kier alpha value is -4.15. The summed E-state index contributed by atoms with van der Waals surface area (Å²) in [6.45, 7) is 1.45. The van der Waals surface area contributed by atoms with Gasteiger partial charge in [0.25, 0.3) is 16.8 Å². The van der Waals surface area contributed by atoms with Crippen molar-refractivity contribution in [3.8, 4) is 11.8 Å². The molecular weight excluding hydrogens is 482 g/mol. The summed E-state index contributed by atoms with van der Waals surface area (Å²) in [5.74, 6) is -0.504. The number of carbonyl (C=O) groups excluding carboxylic acids is 1. The summed E-state index contributed by atoms with van der Waals surface area (Å²) in [5, 5.41) is 22.4. The summed E-state index contributed by atoms with van der Waals surface area (Å²) in [4.78, 5) is 26.8. The van der Waals surface area contributed by atoms with Gasteiger partial charge >= 0.3 is 0 Å². The van der Waals surface area contributed by atoms with Crippen molar-refractivity contribution >= 4 is 44.2 Å². The van der Waals surface area contributed by atoms with Gasteiger partial charge in [-0.3, -0.25) is 20.2 Å². The number of aromatic nitrogens is 2. The highest BCUT2D eigenvalue weighted by Crippen LogP contribution is 2.22. The van der Waals surface area contributed by atoms with Gasteiger partial charge in [-0.15, -0.1) is 0 Å². The molecule has 13 heteroatoms. The molecule has 3 rings (SSSR count). The number of sulfone groups is 1. The third-order valence-corrected chi connectivity index (χ3v) is 6.67. The molecule has 1 amide bonds. The smallest absolute Gasteiger partial charge is 0.276 e. The van der Waals surface area contributed by atoms with Gasteiger partial charge in [0.15, 0.2) is 0 Å². The Morgan fingerprint density at radius 1 is 1.26 bits per heavy atom. The second kappa shape index (κ2) is 10.6. The number of benzene rings is 2. The standard InChI is InChI=1S/C21H17N5O6S2/c1-2-34(30,31)21-24-20(33-25-21)23-19(27)16(12-22)11-14-7-9-17(10-8-14)32-13-15-5-3-4-6-18(15)26(28)29/h3-11H,2,13H2,1H3,(H,23,24,25,27). The maximum Gasteiger partial charge on any atom is 0.276 e. The topological polar surface area (TPSA) is 165 Å². The Labute approximate surface area is 198 Å². The third-order valence-electron chi connectivity index (χ3n) is 4.42. The average Bonchev–Trinajstić information content (AvgIpc) is 3.31. The van der Waals surface area contributed by atoms with Gasteiger partial charge in [0.05, 0.1) is 16.2 Å². The zero-order chi connectivity index (χ0) is 24.7. The molecule has 1 heterocycles. The maximum atomic E-state index is 12.4. The first-order chi connectivity index (χ1) is 16.2. The maximum absolute atomic E-state index is 12.4. The van der Waals surface area contributed by atoms with Crippen molar-refractivity contribution in [1.82, 2.24) is 9.36 Å². The van der Waals surface area contributed by atoms with Crippen LogP contribution in [0.15, 0.2) is 59.3 Å². The Kier molecular flexibility index (Phi) is 7.67. The van der Waals surface area contributed by atoms with Crippen molar-refractivity contribution in [2.24, 2.45) is 0 Å². The first-order valence-corrected chi connectivity index (χ1v) is 12.1. The summed E-state index contributed by atoms with van der Waals surface area (Å²) < 4.78 is 32.9. The quantitative estimate of drug-likeness (QED) is 0.201. The van der Waals surface area contributed by atoms with Gasteiger partial charge in [-0.25, -0.2) is 8.42 Å². The molecule has 11 nitrogen and oxygen atoms in total. The van der Waals surface area contributed by atoms with Crippen LogP contribution in [0.1, 0.15) is 18.1 Å². The molecular formula is C21H17N5O6S2. The molecule has 3 aromatic rings. The number of nitrogens with one attached hydrogen (secondary N) is 1. The largest absolute Gasteiger partial charge is 0.489 e. The molecule has 1 aromatic heterocycles. The number of nitro groups is 1. The number of rotatable bonds is 9. The van der Waals surface area contributed by atoms with E-state index >= 15 is 0 Å². The Morgan fingerprint density at radius 3 is 2.62 bits per heavy atom. The Morgan fingerprint density at radius 2 is 1.97 bits per heavy atom. The number of hydrogen-bond donors (Lipinski definition) is 1. The SMILES string of the molecule is CCS(=O)(=O)c1nsc(NC(=O)C(C#N)=Cc2ccc(OCc3ccccc3[N+](=O)[O-])cc2)n1. The average molecular weight is 500 g/mol. The number of nitrogens with zero attached hydrogens (tertiary/aromatic N) is 4. The Bertz CT molecular complexity index is 1390. The third kappa shape index (κ3) is 6.00. The van der Waals surface area contributed by atoms with Crippen LogP contribution in [-0.2, 0) is 21.2 Å². The monoisotopic (exact) mass is 499 g/mol. The molecule has 0 aliphatic carbocycles. The van der Waals surface area contributed by atoms with E-state index < -0.39 is 20.7 Å². The molecule has 0 atom stereocenters.